The van der Waals surface area contributed by atoms with Gasteiger partial charge in [0.2, 0.25) is 0 Å². The number of phenolic OH excluding ortho intramolecular Hbond substituents is 2. The first-order valence-corrected chi connectivity index (χ1v) is 13.5. The number of esters is 2. The molecule has 2 fully saturated rings. The van der Waals surface area contributed by atoms with Crippen molar-refractivity contribution in [3.63, 3.8) is 0 Å². The zero-order valence-corrected chi connectivity index (χ0v) is 21.8. The second-order valence-corrected chi connectivity index (χ2v) is 10.4. The molecule has 6 unspecified atom stereocenters. The van der Waals surface area contributed by atoms with Crippen molar-refractivity contribution in [3.8, 4) is 11.5 Å². The maximum Gasteiger partial charge on any atom is 0.330 e. The standard InChI is InChI=1S/C29H38O9/c1-19(30)35-23-16-22(37-29(17-23)18-27-26(38-29)12-13-28(34)36-27)15-21(31)9-7-5-3-2-4-6-8-20-10-11-24(32)25(33)14-20/h2,4,10-14,21-23,26-27,31-33H,3,5-9,15-18H2,1H3/b4-2+. The summed E-state index contributed by atoms with van der Waals surface area (Å²) in [4.78, 5) is 23.3. The first kappa shape index (κ1) is 28.1. The highest BCUT2D eigenvalue weighted by atomic mass is 16.7. The highest BCUT2D eigenvalue weighted by Crippen LogP contribution is 2.44. The van der Waals surface area contributed by atoms with E-state index in [2.05, 4.69) is 12.2 Å². The third-order valence-corrected chi connectivity index (χ3v) is 7.20. The number of carbonyl (C=O) groups excluding carboxylic acids is 2. The highest BCUT2D eigenvalue weighted by Gasteiger charge is 2.54. The molecule has 3 N–H and O–H groups in total. The van der Waals surface area contributed by atoms with Gasteiger partial charge in [-0.25, -0.2) is 4.79 Å². The Kier molecular flexibility index (Phi) is 9.46. The molecular formula is C29H38O9. The summed E-state index contributed by atoms with van der Waals surface area (Å²) in [7, 11) is 0. The number of aromatic hydroxyl groups is 2. The van der Waals surface area contributed by atoms with Crippen LogP contribution in [0.25, 0.3) is 0 Å². The summed E-state index contributed by atoms with van der Waals surface area (Å²) < 4.78 is 23.4. The van der Waals surface area contributed by atoms with E-state index >= 15 is 0 Å². The van der Waals surface area contributed by atoms with Crippen LogP contribution in [-0.4, -0.2) is 63.6 Å². The number of rotatable bonds is 11. The van der Waals surface area contributed by atoms with Crippen molar-refractivity contribution in [1.29, 1.82) is 0 Å². The molecule has 9 nitrogen and oxygen atoms in total. The Morgan fingerprint density at radius 1 is 1.16 bits per heavy atom. The fraction of sp³-hybridized carbons (Fsp3) is 0.586. The van der Waals surface area contributed by atoms with E-state index in [1.54, 1.807) is 18.2 Å². The Morgan fingerprint density at radius 3 is 2.76 bits per heavy atom. The third kappa shape index (κ3) is 7.82. The van der Waals surface area contributed by atoms with E-state index < -0.39 is 36.2 Å². The second-order valence-electron chi connectivity index (χ2n) is 10.4. The number of hydrogen-bond acceptors (Lipinski definition) is 9. The molecule has 0 saturated carbocycles. The number of aliphatic hydroxyl groups excluding tert-OH is 1. The van der Waals surface area contributed by atoms with Crippen LogP contribution in [0.2, 0.25) is 0 Å². The largest absolute Gasteiger partial charge is 0.504 e. The van der Waals surface area contributed by atoms with Gasteiger partial charge in [0.15, 0.2) is 17.3 Å². The normalized spacial score (nSPS) is 29.4. The summed E-state index contributed by atoms with van der Waals surface area (Å²) in [5.74, 6) is -2.01. The zero-order chi connectivity index (χ0) is 27.1. The minimum Gasteiger partial charge on any atom is -0.504 e. The Bertz CT molecular complexity index is 1030. The molecule has 38 heavy (non-hydrogen) atoms. The molecule has 3 aliphatic heterocycles. The van der Waals surface area contributed by atoms with Crippen LogP contribution in [0.1, 0.15) is 70.3 Å². The number of aliphatic hydroxyl groups is 1. The lowest BCUT2D eigenvalue weighted by atomic mass is 9.91. The minimum atomic E-state index is -1.02. The van der Waals surface area contributed by atoms with E-state index in [9.17, 15) is 24.9 Å². The van der Waals surface area contributed by atoms with Crippen LogP contribution in [0.15, 0.2) is 42.5 Å². The average Bonchev–Trinajstić information content (AvgIpc) is 3.17. The lowest BCUT2D eigenvalue weighted by Crippen LogP contribution is -2.48. The first-order valence-electron chi connectivity index (χ1n) is 13.5. The average molecular weight is 531 g/mol. The topological polar surface area (TPSA) is 132 Å². The van der Waals surface area contributed by atoms with Crippen LogP contribution in [0.5, 0.6) is 11.5 Å². The van der Waals surface area contributed by atoms with Gasteiger partial charge in [-0.05, 0) is 62.3 Å². The summed E-state index contributed by atoms with van der Waals surface area (Å²) in [6.45, 7) is 1.37. The Hall–Kier alpha value is -2.88. The van der Waals surface area contributed by atoms with Gasteiger partial charge in [0.25, 0.3) is 0 Å². The van der Waals surface area contributed by atoms with Crippen LogP contribution in [0.3, 0.4) is 0 Å². The number of allylic oxidation sites excluding steroid dienone is 2. The fourth-order valence-corrected chi connectivity index (χ4v) is 5.50. The lowest BCUT2D eigenvalue weighted by Gasteiger charge is -2.41. The van der Waals surface area contributed by atoms with E-state index in [1.165, 1.54) is 19.1 Å². The minimum absolute atomic E-state index is 0.0998. The maximum atomic E-state index is 11.6. The van der Waals surface area contributed by atoms with Gasteiger partial charge >= 0.3 is 11.9 Å². The van der Waals surface area contributed by atoms with E-state index in [0.717, 1.165) is 37.7 Å². The SMILES string of the molecule is CC(=O)OC1CC(CC(O)CCCC/C=C/CCc2ccc(O)c(O)c2)OC2(C1)CC1OC(=O)C=CC1O2. The van der Waals surface area contributed by atoms with Crippen molar-refractivity contribution in [2.75, 3.05) is 0 Å². The van der Waals surface area contributed by atoms with E-state index in [1.807, 2.05) is 0 Å². The zero-order valence-electron chi connectivity index (χ0n) is 21.8. The smallest absolute Gasteiger partial charge is 0.330 e. The third-order valence-electron chi connectivity index (χ3n) is 7.20. The second kappa shape index (κ2) is 12.8. The van der Waals surface area contributed by atoms with Crippen LogP contribution in [0, 0.1) is 0 Å². The number of phenols is 2. The van der Waals surface area contributed by atoms with E-state index in [4.69, 9.17) is 18.9 Å². The van der Waals surface area contributed by atoms with Gasteiger partial charge in [0.1, 0.15) is 18.3 Å². The molecule has 6 atom stereocenters. The maximum absolute atomic E-state index is 11.6. The van der Waals surface area contributed by atoms with Crippen molar-refractivity contribution in [2.24, 2.45) is 0 Å². The van der Waals surface area contributed by atoms with Gasteiger partial charge < -0.3 is 34.3 Å². The first-order chi connectivity index (χ1) is 18.2. The van der Waals surface area contributed by atoms with Crippen molar-refractivity contribution in [1.82, 2.24) is 0 Å². The van der Waals surface area contributed by atoms with Gasteiger partial charge in [-0.15, -0.1) is 0 Å². The van der Waals surface area contributed by atoms with Crippen LogP contribution in [-0.2, 0) is 35.0 Å². The molecule has 0 radical (unpaired) electrons. The van der Waals surface area contributed by atoms with Gasteiger partial charge in [-0.1, -0.05) is 24.6 Å². The van der Waals surface area contributed by atoms with E-state index in [0.29, 0.717) is 32.1 Å². The number of fused-ring (bicyclic) bond motifs is 1. The molecule has 0 amide bonds. The van der Waals surface area contributed by atoms with Gasteiger partial charge in [-0.2, -0.15) is 0 Å². The van der Waals surface area contributed by atoms with Crippen LogP contribution in [0.4, 0.5) is 0 Å². The molecule has 2 saturated heterocycles. The molecular weight excluding hydrogens is 492 g/mol. The van der Waals surface area contributed by atoms with Gasteiger partial charge in [-0.3, -0.25) is 4.79 Å². The Labute approximate surface area is 223 Å². The molecule has 3 aliphatic rings. The molecule has 4 rings (SSSR count). The van der Waals surface area contributed by atoms with Gasteiger partial charge in [0, 0.05) is 32.3 Å². The quantitative estimate of drug-likeness (QED) is 0.168. The summed E-state index contributed by atoms with van der Waals surface area (Å²) >= 11 is 0. The van der Waals surface area contributed by atoms with Crippen molar-refractivity contribution < 1.29 is 43.9 Å². The van der Waals surface area contributed by atoms with Crippen molar-refractivity contribution in [3.05, 3.63) is 48.1 Å². The number of carbonyl (C=O) groups is 2. The number of hydrogen-bond donors (Lipinski definition) is 3. The molecule has 0 bridgehead atoms. The molecule has 1 aromatic rings. The summed E-state index contributed by atoms with van der Waals surface area (Å²) in [5.41, 5.74) is 0.968. The molecule has 3 heterocycles. The van der Waals surface area contributed by atoms with Crippen LogP contribution >= 0.6 is 0 Å². The monoisotopic (exact) mass is 530 g/mol. The molecule has 0 aromatic heterocycles. The highest BCUT2D eigenvalue weighted by molar-refractivity contribution is 5.83. The van der Waals surface area contributed by atoms with E-state index in [-0.39, 0.29) is 23.6 Å². The lowest BCUT2D eigenvalue weighted by molar-refractivity contribution is -0.286. The number of benzene rings is 1. The van der Waals surface area contributed by atoms with Crippen LogP contribution < -0.4 is 0 Å². The summed E-state index contributed by atoms with van der Waals surface area (Å²) in [6, 6.07) is 4.87. The van der Waals surface area contributed by atoms with Gasteiger partial charge in [0.05, 0.1) is 12.2 Å². The predicted octanol–water partition coefficient (Wildman–Crippen LogP) is 3.98. The number of unbranched alkanes of at least 4 members (excludes halogenated alkanes) is 2. The number of aryl methyl sites for hydroxylation is 1. The molecule has 0 aliphatic carbocycles. The Balaban J connectivity index is 1.18. The summed E-state index contributed by atoms with van der Waals surface area (Å²) in [6.07, 6.45) is 11.7. The van der Waals surface area contributed by atoms with Crippen molar-refractivity contribution >= 4 is 11.9 Å². The Morgan fingerprint density at radius 2 is 1.97 bits per heavy atom. The molecule has 1 spiro atoms. The number of ether oxygens (including phenoxy) is 4. The summed E-state index contributed by atoms with van der Waals surface area (Å²) in [5, 5.41) is 29.6. The molecule has 208 valence electrons. The fourth-order valence-electron chi connectivity index (χ4n) is 5.50. The predicted molar refractivity (Wildman–Crippen MR) is 137 cm³/mol. The molecule has 1 aromatic carbocycles. The molecule has 9 heteroatoms. The van der Waals surface area contributed by atoms with Crippen molar-refractivity contribution in [2.45, 2.75) is 107 Å².